The van der Waals surface area contributed by atoms with E-state index in [1.54, 1.807) is 24.3 Å². The van der Waals surface area contributed by atoms with Crippen LogP contribution in [-0.4, -0.2) is 38.8 Å². The number of aromatic nitrogens is 2. The lowest BCUT2D eigenvalue weighted by Crippen LogP contribution is -2.40. The molecule has 2 aromatic carbocycles. The number of benzene rings is 2. The van der Waals surface area contributed by atoms with Crippen LogP contribution in [0.15, 0.2) is 54.6 Å². The predicted molar refractivity (Wildman–Crippen MR) is 133 cm³/mol. The summed E-state index contributed by atoms with van der Waals surface area (Å²) in [7, 11) is 0. The first-order chi connectivity index (χ1) is 16.9. The second-order valence-corrected chi connectivity index (χ2v) is 10.5. The molecule has 3 atom stereocenters. The molecule has 4 aromatic rings. The van der Waals surface area contributed by atoms with E-state index >= 15 is 0 Å². The van der Waals surface area contributed by atoms with Crippen molar-refractivity contribution in [1.82, 2.24) is 14.9 Å². The standard InChI is InChI=1S/C27H23FN4O2S/c1-14-30-24(25(35-14)16-5-8-18(28)9-6-16)27(34)32-20(11-17-12-22(17)32)13-19-10-7-15-3-2-4-21(26(29)33)23(15)31-19/h2-10,17,20,22H,11-13H2,1H3,(H2,29,33)/t17-,20+,22+/m1/s1. The van der Waals surface area contributed by atoms with Crippen LogP contribution in [0.5, 0.6) is 0 Å². The molecule has 2 aromatic heterocycles. The van der Waals surface area contributed by atoms with E-state index in [0.29, 0.717) is 29.1 Å². The van der Waals surface area contributed by atoms with E-state index in [2.05, 4.69) is 4.98 Å². The van der Waals surface area contributed by atoms with Gasteiger partial charge in [0.05, 0.1) is 21.0 Å². The van der Waals surface area contributed by atoms with Crippen molar-refractivity contribution in [3.63, 3.8) is 0 Å². The maximum absolute atomic E-state index is 13.8. The van der Waals surface area contributed by atoms with Crippen LogP contribution < -0.4 is 5.73 Å². The highest BCUT2D eigenvalue weighted by Gasteiger charge is 2.54. The van der Waals surface area contributed by atoms with Gasteiger partial charge in [-0.1, -0.05) is 30.3 Å². The molecule has 8 heteroatoms. The minimum absolute atomic E-state index is 0.0000132. The number of halogens is 1. The van der Waals surface area contributed by atoms with Crippen molar-refractivity contribution in [2.45, 2.75) is 38.3 Å². The van der Waals surface area contributed by atoms with Crippen LogP contribution in [0.4, 0.5) is 4.39 Å². The molecule has 0 radical (unpaired) electrons. The molecule has 0 bridgehead atoms. The highest BCUT2D eigenvalue weighted by atomic mass is 32.1. The maximum Gasteiger partial charge on any atom is 0.274 e. The number of likely N-dealkylation sites (tertiary alicyclic amines) is 1. The van der Waals surface area contributed by atoms with Crippen molar-refractivity contribution in [3.05, 3.63) is 82.4 Å². The van der Waals surface area contributed by atoms with E-state index in [9.17, 15) is 14.0 Å². The summed E-state index contributed by atoms with van der Waals surface area (Å²) in [4.78, 5) is 37.8. The van der Waals surface area contributed by atoms with Crippen molar-refractivity contribution in [3.8, 4) is 10.4 Å². The molecule has 1 aliphatic carbocycles. The van der Waals surface area contributed by atoms with Crippen molar-refractivity contribution < 1.29 is 14.0 Å². The van der Waals surface area contributed by atoms with Gasteiger partial charge >= 0.3 is 0 Å². The Morgan fingerprint density at radius 2 is 1.89 bits per heavy atom. The Morgan fingerprint density at radius 3 is 2.66 bits per heavy atom. The number of nitrogens with zero attached hydrogens (tertiary/aromatic N) is 3. The molecule has 176 valence electrons. The van der Waals surface area contributed by atoms with Crippen LogP contribution >= 0.6 is 11.3 Å². The zero-order chi connectivity index (χ0) is 24.3. The Labute approximate surface area is 205 Å². The molecule has 2 N–H and O–H groups in total. The lowest BCUT2D eigenvalue weighted by atomic mass is 10.0. The number of aryl methyl sites for hydroxylation is 1. The van der Waals surface area contributed by atoms with E-state index in [1.165, 1.54) is 23.5 Å². The zero-order valence-electron chi connectivity index (χ0n) is 19.1. The van der Waals surface area contributed by atoms with Crippen molar-refractivity contribution in [2.75, 3.05) is 0 Å². The fourth-order valence-electron chi connectivity index (χ4n) is 5.29. The molecule has 0 spiro atoms. The smallest absolute Gasteiger partial charge is 0.274 e. The second kappa shape index (κ2) is 8.23. The van der Waals surface area contributed by atoms with Crippen LogP contribution in [0.25, 0.3) is 21.3 Å². The predicted octanol–water partition coefficient (Wildman–Crippen LogP) is 4.75. The molecule has 1 saturated carbocycles. The number of hydrogen-bond donors (Lipinski definition) is 1. The molecule has 1 saturated heterocycles. The van der Waals surface area contributed by atoms with Crippen molar-refractivity contribution in [1.29, 1.82) is 0 Å². The number of hydrogen-bond acceptors (Lipinski definition) is 5. The second-order valence-electron chi connectivity index (χ2n) is 9.33. The van der Waals surface area contributed by atoms with Crippen molar-refractivity contribution in [2.24, 2.45) is 11.7 Å². The number of carbonyl (C=O) groups excluding carboxylic acids is 2. The van der Waals surface area contributed by atoms with Gasteiger partial charge < -0.3 is 10.6 Å². The molecule has 2 amide bonds. The van der Waals surface area contributed by atoms with Gasteiger partial charge in [-0.2, -0.15) is 0 Å². The molecular weight excluding hydrogens is 463 g/mol. The molecule has 35 heavy (non-hydrogen) atoms. The average Bonchev–Trinajstić information content (AvgIpc) is 3.33. The number of rotatable bonds is 5. The van der Waals surface area contributed by atoms with E-state index in [-0.39, 0.29) is 23.8 Å². The number of thiazole rings is 1. The first kappa shape index (κ1) is 21.9. The van der Waals surface area contributed by atoms with Crippen LogP contribution in [0.3, 0.4) is 0 Å². The fourth-order valence-corrected chi connectivity index (χ4v) is 6.21. The van der Waals surface area contributed by atoms with Gasteiger partial charge in [0.2, 0.25) is 0 Å². The van der Waals surface area contributed by atoms with Crippen LogP contribution in [-0.2, 0) is 6.42 Å². The molecule has 3 heterocycles. The summed E-state index contributed by atoms with van der Waals surface area (Å²) >= 11 is 1.45. The van der Waals surface area contributed by atoms with Crippen molar-refractivity contribution >= 4 is 34.1 Å². The maximum atomic E-state index is 13.8. The molecule has 0 unspecified atom stereocenters. The first-order valence-corrected chi connectivity index (χ1v) is 12.4. The fraction of sp³-hybridized carbons (Fsp3) is 0.259. The van der Waals surface area contributed by atoms with Gasteiger partial charge in [0.1, 0.15) is 11.5 Å². The minimum atomic E-state index is -0.508. The quantitative estimate of drug-likeness (QED) is 0.441. The highest BCUT2D eigenvalue weighted by Crippen LogP contribution is 2.49. The van der Waals surface area contributed by atoms with E-state index in [4.69, 9.17) is 10.7 Å². The Morgan fingerprint density at radius 1 is 1.09 bits per heavy atom. The van der Waals surface area contributed by atoms with E-state index in [0.717, 1.165) is 39.4 Å². The van der Waals surface area contributed by atoms with Gasteiger partial charge in [0.15, 0.2) is 0 Å². The average molecular weight is 487 g/mol. The Bertz CT molecular complexity index is 1480. The molecule has 6 nitrogen and oxygen atoms in total. The summed E-state index contributed by atoms with van der Waals surface area (Å²) in [6.45, 7) is 1.88. The molecule has 2 fully saturated rings. The lowest BCUT2D eigenvalue weighted by Gasteiger charge is -2.27. The summed E-state index contributed by atoms with van der Waals surface area (Å²) in [5.74, 6) is -0.404. The number of amides is 2. The minimum Gasteiger partial charge on any atom is -0.366 e. The molecule has 1 aliphatic heterocycles. The topological polar surface area (TPSA) is 89.2 Å². The molecular formula is C27H23FN4O2S. The lowest BCUT2D eigenvalue weighted by molar-refractivity contribution is 0.0694. The van der Waals surface area contributed by atoms with Gasteiger partial charge in [-0.05, 0) is 55.5 Å². The van der Waals surface area contributed by atoms with Crippen LogP contribution in [0.1, 0.15) is 44.4 Å². The summed E-state index contributed by atoms with van der Waals surface area (Å²) in [5, 5.41) is 1.65. The van der Waals surface area contributed by atoms with Crippen LogP contribution in [0, 0.1) is 18.7 Å². The third-order valence-corrected chi connectivity index (χ3v) is 8.00. The Hall–Kier alpha value is -3.65. The van der Waals surface area contributed by atoms with Gasteiger partial charge in [0.25, 0.3) is 11.8 Å². The number of fused-ring (bicyclic) bond motifs is 2. The third kappa shape index (κ3) is 3.87. The number of para-hydroxylation sites is 1. The largest absolute Gasteiger partial charge is 0.366 e. The third-order valence-electron chi connectivity index (χ3n) is 6.98. The molecule has 6 rings (SSSR count). The van der Waals surface area contributed by atoms with Gasteiger partial charge in [-0.25, -0.2) is 9.37 Å². The monoisotopic (exact) mass is 486 g/mol. The van der Waals surface area contributed by atoms with E-state index < -0.39 is 5.91 Å². The highest BCUT2D eigenvalue weighted by molar-refractivity contribution is 7.15. The van der Waals surface area contributed by atoms with Gasteiger partial charge in [0, 0.05) is 29.6 Å². The number of nitrogens with two attached hydrogens (primary N) is 1. The first-order valence-electron chi connectivity index (χ1n) is 11.6. The zero-order valence-corrected chi connectivity index (χ0v) is 19.9. The number of primary amides is 1. The SMILES string of the molecule is Cc1nc(C(=O)N2[C@H](Cc3ccc4cccc(C(N)=O)c4n3)C[C@@H]3C[C@@H]32)c(-c2ccc(F)cc2)s1. The summed E-state index contributed by atoms with van der Waals surface area (Å²) in [6.07, 6.45) is 2.52. The number of carbonyl (C=O) groups is 2. The van der Waals surface area contributed by atoms with Crippen LogP contribution in [0.2, 0.25) is 0 Å². The Kier molecular flexibility index (Phi) is 5.14. The summed E-state index contributed by atoms with van der Waals surface area (Å²) in [6, 6.07) is 15.7. The Balaban J connectivity index is 1.32. The molecule has 2 aliphatic rings. The van der Waals surface area contributed by atoms with Gasteiger partial charge in [-0.15, -0.1) is 11.3 Å². The van der Waals surface area contributed by atoms with Gasteiger partial charge in [-0.3, -0.25) is 14.6 Å². The summed E-state index contributed by atoms with van der Waals surface area (Å²) in [5.41, 5.74) is 8.59. The number of pyridine rings is 1. The number of piperidine rings is 1. The normalized spacial score (nSPS) is 20.7. The van der Waals surface area contributed by atoms with E-state index in [1.807, 2.05) is 30.0 Å². The summed E-state index contributed by atoms with van der Waals surface area (Å²) < 4.78 is 13.5.